The number of nitrogens with zero attached hydrogens (tertiary/aromatic N) is 4. The lowest BCUT2D eigenvalue weighted by Gasteiger charge is -2.45. The molecule has 4 nitrogen and oxygen atoms in total. The minimum absolute atomic E-state index is 0.245. The molecule has 1 aliphatic heterocycles. The molecule has 1 aromatic heterocycles. The van der Waals surface area contributed by atoms with Crippen LogP contribution in [0.2, 0.25) is 0 Å². The maximum Gasteiger partial charge on any atom is 0.0767 e. The normalized spacial score (nSPS) is 20.5. The molecule has 0 aromatic carbocycles. The molecular weight excluding hydrogens is 316 g/mol. The average molecular weight is 343 g/mol. The molecule has 0 unspecified atom stereocenters. The van der Waals surface area contributed by atoms with Crippen LogP contribution in [0.25, 0.3) is 0 Å². The second-order valence-corrected chi connectivity index (χ2v) is 7.11. The number of rotatable bonds is 4. The fraction of sp³-hybridized carbons (Fsp3) is 0.800. The number of aryl methyl sites for hydroxylation is 2. The zero-order valence-corrected chi connectivity index (χ0v) is 15.0. The second-order valence-electron chi connectivity index (χ2n) is 6.32. The van der Waals surface area contributed by atoms with Gasteiger partial charge < -0.3 is 0 Å². The fourth-order valence-corrected chi connectivity index (χ4v) is 3.55. The van der Waals surface area contributed by atoms with Gasteiger partial charge in [0.15, 0.2) is 0 Å². The van der Waals surface area contributed by atoms with E-state index in [0.717, 1.165) is 39.1 Å². The summed E-state index contributed by atoms with van der Waals surface area (Å²) in [6.07, 6.45) is 0.981. The highest BCUT2D eigenvalue weighted by atomic mass is 79.9. The molecule has 0 atom stereocenters. The van der Waals surface area contributed by atoms with Crippen molar-refractivity contribution in [2.75, 3.05) is 26.7 Å². The maximum atomic E-state index is 4.70. The predicted octanol–water partition coefficient (Wildman–Crippen LogP) is 2.75. The molecule has 0 N–H and O–H groups in total. The Morgan fingerprint density at radius 1 is 1.25 bits per heavy atom. The van der Waals surface area contributed by atoms with Crippen LogP contribution in [0.5, 0.6) is 0 Å². The molecule has 2 heterocycles. The minimum atomic E-state index is 0.245. The quantitative estimate of drug-likeness (QED) is 0.840. The van der Waals surface area contributed by atoms with E-state index in [-0.39, 0.29) is 5.54 Å². The van der Waals surface area contributed by atoms with Crippen molar-refractivity contribution in [3.63, 3.8) is 0 Å². The van der Waals surface area contributed by atoms with Crippen LogP contribution in [0.4, 0.5) is 0 Å². The van der Waals surface area contributed by atoms with Gasteiger partial charge in [-0.2, -0.15) is 5.10 Å². The van der Waals surface area contributed by atoms with E-state index in [1.807, 2.05) is 0 Å². The van der Waals surface area contributed by atoms with Crippen molar-refractivity contribution >= 4 is 15.9 Å². The van der Waals surface area contributed by atoms with E-state index in [1.165, 1.54) is 15.9 Å². The summed E-state index contributed by atoms with van der Waals surface area (Å²) in [4.78, 5) is 5.00. The third-order valence-corrected chi connectivity index (χ3v) is 5.38. The molecule has 114 valence electrons. The molecule has 0 amide bonds. The van der Waals surface area contributed by atoms with Gasteiger partial charge >= 0.3 is 0 Å². The topological polar surface area (TPSA) is 24.3 Å². The summed E-state index contributed by atoms with van der Waals surface area (Å²) in [6.45, 7) is 14.3. The Morgan fingerprint density at radius 3 is 2.50 bits per heavy atom. The van der Waals surface area contributed by atoms with Crippen molar-refractivity contribution in [1.82, 2.24) is 19.6 Å². The second kappa shape index (κ2) is 6.16. The van der Waals surface area contributed by atoms with Crippen LogP contribution in [0.15, 0.2) is 4.47 Å². The van der Waals surface area contributed by atoms with Crippen LogP contribution in [0, 0.1) is 0 Å². The average Bonchev–Trinajstić information content (AvgIpc) is 2.70. The van der Waals surface area contributed by atoms with Gasteiger partial charge in [-0.25, -0.2) is 0 Å². The van der Waals surface area contributed by atoms with Gasteiger partial charge in [-0.15, -0.1) is 0 Å². The summed E-state index contributed by atoms with van der Waals surface area (Å²) in [7, 11) is 2.22. The predicted molar refractivity (Wildman–Crippen MR) is 87.0 cm³/mol. The third-order valence-electron chi connectivity index (χ3n) is 4.46. The highest BCUT2D eigenvalue weighted by molar-refractivity contribution is 9.10. The van der Waals surface area contributed by atoms with Crippen LogP contribution >= 0.6 is 15.9 Å². The molecule has 1 aliphatic rings. The smallest absolute Gasteiger partial charge is 0.0767 e. The summed E-state index contributed by atoms with van der Waals surface area (Å²) >= 11 is 3.75. The number of aromatic nitrogens is 2. The van der Waals surface area contributed by atoms with Gasteiger partial charge in [-0.1, -0.05) is 6.92 Å². The third kappa shape index (κ3) is 3.10. The number of hydrogen-bond acceptors (Lipinski definition) is 3. The summed E-state index contributed by atoms with van der Waals surface area (Å²) in [5.41, 5.74) is 2.75. The summed E-state index contributed by atoms with van der Waals surface area (Å²) in [6, 6.07) is 0. The lowest BCUT2D eigenvalue weighted by molar-refractivity contribution is 0.0346. The molecular formula is C15H27BrN4. The molecule has 0 bridgehead atoms. The molecule has 2 rings (SSSR count). The Bertz CT molecular complexity index is 467. The van der Waals surface area contributed by atoms with Gasteiger partial charge in [0.05, 0.1) is 15.9 Å². The molecule has 20 heavy (non-hydrogen) atoms. The van der Waals surface area contributed by atoms with E-state index >= 15 is 0 Å². The van der Waals surface area contributed by atoms with E-state index in [1.54, 1.807) is 0 Å². The van der Waals surface area contributed by atoms with E-state index in [0.29, 0.717) is 0 Å². The first-order chi connectivity index (χ1) is 9.39. The molecule has 1 aromatic rings. The number of likely N-dealkylation sites (N-methyl/N-ethyl adjacent to an activating group) is 1. The zero-order valence-electron chi connectivity index (χ0n) is 13.4. The SMILES string of the molecule is CCc1nn(CC)c(CN2CCN(C)C(C)(C)C2)c1Br. The Kier molecular flexibility index (Phi) is 4.92. The van der Waals surface area contributed by atoms with E-state index in [9.17, 15) is 0 Å². The molecule has 0 radical (unpaired) electrons. The van der Waals surface area contributed by atoms with Crippen molar-refractivity contribution in [2.24, 2.45) is 0 Å². The van der Waals surface area contributed by atoms with Gasteiger partial charge in [0, 0.05) is 38.3 Å². The van der Waals surface area contributed by atoms with Gasteiger partial charge in [0.1, 0.15) is 0 Å². The summed E-state index contributed by atoms with van der Waals surface area (Å²) in [5.74, 6) is 0. The first-order valence-electron chi connectivity index (χ1n) is 7.56. The van der Waals surface area contributed by atoms with Crippen molar-refractivity contribution in [1.29, 1.82) is 0 Å². The van der Waals surface area contributed by atoms with E-state index in [2.05, 4.69) is 65.2 Å². The van der Waals surface area contributed by atoms with Crippen molar-refractivity contribution < 1.29 is 0 Å². The lowest BCUT2D eigenvalue weighted by Crippen LogP contribution is -2.57. The highest BCUT2D eigenvalue weighted by Crippen LogP contribution is 2.26. The summed E-state index contributed by atoms with van der Waals surface area (Å²) in [5, 5.41) is 4.70. The molecule has 0 spiro atoms. The molecule has 0 saturated carbocycles. The molecule has 5 heteroatoms. The minimum Gasteiger partial charge on any atom is -0.299 e. The van der Waals surface area contributed by atoms with Crippen molar-refractivity contribution in [3.8, 4) is 0 Å². The first kappa shape index (κ1) is 16.0. The molecule has 1 saturated heterocycles. The standard InChI is InChI=1S/C15H27BrN4/c1-6-12-14(16)13(20(7-2)17-12)10-19-9-8-18(5)15(3,4)11-19/h6-11H2,1-5H3. The number of hydrogen-bond donors (Lipinski definition) is 0. The molecule has 1 fully saturated rings. The van der Waals surface area contributed by atoms with E-state index < -0.39 is 0 Å². The zero-order chi connectivity index (χ0) is 14.9. The van der Waals surface area contributed by atoms with Crippen LogP contribution in [0.3, 0.4) is 0 Å². The Labute approximate surface area is 131 Å². The monoisotopic (exact) mass is 342 g/mol. The van der Waals surface area contributed by atoms with Gasteiger partial charge in [-0.05, 0) is 50.2 Å². The van der Waals surface area contributed by atoms with Crippen LogP contribution in [-0.2, 0) is 19.5 Å². The number of piperazine rings is 1. The maximum absolute atomic E-state index is 4.70. The largest absolute Gasteiger partial charge is 0.299 e. The van der Waals surface area contributed by atoms with Gasteiger partial charge in [-0.3, -0.25) is 14.5 Å². The van der Waals surface area contributed by atoms with Crippen LogP contribution < -0.4 is 0 Å². The van der Waals surface area contributed by atoms with Gasteiger partial charge in [0.25, 0.3) is 0 Å². The lowest BCUT2D eigenvalue weighted by atomic mass is 9.99. The van der Waals surface area contributed by atoms with Crippen LogP contribution in [-0.4, -0.2) is 51.8 Å². The Hall–Kier alpha value is -0.390. The highest BCUT2D eigenvalue weighted by Gasteiger charge is 2.31. The Morgan fingerprint density at radius 2 is 1.95 bits per heavy atom. The molecule has 0 aliphatic carbocycles. The van der Waals surface area contributed by atoms with Gasteiger partial charge in [0.2, 0.25) is 0 Å². The number of halogens is 1. The summed E-state index contributed by atoms with van der Waals surface area (Å²) < 4.78 is 3.35. The first-order valence-corrected chi connectivity index (χ1v) is 8.36. The Balaban J connectivity index is 2.16. The van der Waals surface area contributed by atoms with Crippen molar-refractivity contribution in [3.05, 3.63) is 15.9 Å². The van der Waals surface area contributed by atoms with Crippen molar-refractivity contribution in [2.45, 2.75) is 52.7 Å². The van der Waals surface area contributed by atoms with Crippen LogP contribution in [0.1, 0.15) is 39.1 Å². The van der Waals surface area contributed by atoms with E-state index in [4.69, 9.17) is 5.10 Å². The fourth-order valence-electron chi connectivity index (χ4n) is 2.86.